The zero-order chi connectivity index (χ0) is 14.7. The molecule has 0 unspecified atom stereocenters. The molecule has 0 aliphatic heterocycles. The van der Waals surface area contributed by atoms with Gasteiger partial charge in [-0.05, 0) is 40.2 Å². The molecule has 0 aliphatic carbocycles. The van der Waals surface area contributed by atoms with Crippen molar-refractivity contribution in [1.82, 2.24) is 20.0 Å². The molecule has 0 aliphatic rings. The summed E-state index contributed by atoms with van der Waals surface area (Å²) >= 11 is 3.25. The van der Waals surface area contributed by atoms with Crippen molar-refractivity contribution in [2.24, 2.45) is 0 Å². The third-order valence-corrected chi connectivity index (χ3v) is 3.11. The molecule has 0 saturated carbocycles. The van der Waals surface area contributed by atoms with Gasteiger partial charge in [0.05, 0.1) is 11.9 Å². The first-order valence-corrected chi connectivity index (χ1v) is 6.93. The minimum absolute atomic E-state index is 0.223. The maximum Gasteiger partial charge on any atom is 0.279 e. The number of carbonyl (C=O) groups excluding carboxylic acids is 1. The van der Waals surface area contributed by atoms with Crippen molar-refractivity contribution < 1.29 is 4.79 Å². The van der Waals surface area contributed by atoms with Gasteiger partial charge in [0, 0.05) is 0 Å². The van der Waals surface area contributed by atoms with E-state index in [2.05, 4.69) is 36.4 Å². The number of amides is 1. The summed E-state index contributed by atoms with van der Waals surface area (Å²) in [7, 11) is 0. The van der Waals surface area contributed by atoms with Crippen LogP contribution in [0, 0.1) is 0 Å². The highest BCUT2D eigenvalue weighted by Crippen LogP contribution is 2.11. The van der Waals surface area contributed by atoms with E-state index in [1.54, 1.807) is 18.2 Å². The van der Waals surface area contributed by atoms with Crippen molar-refractivity contribution in [3.63, 3.8) is 0 Å². The van der Waals surface area contributed by atoms with Crippen molar-refractivity contribution in [1.29, 1.82) is 0 Å². The first-order chi connectivity index (χ1) is 10.2. The number of anilines is 1. The summed E-state index contributed by atoms with van der Waals surface area (Å²) < 4.78 is 0.647. The monoisotopic (exact) mass is 343 g/mol. The maximum atomic E-state index is 12.1. The van der Waals surface area contributed by atoms with Crippen LogP contribution in [0.4, 0.5) is 5.82 Å². The summed E-state index contributed by atoms with van der Waals surface area (Å²) in [5.41, 5.74) is 1.01. The molecule has 104 valence electrons. The Labute approximate surface area is 129 Å². The summed E-state index contributed by atoms with van der Waals surface area (Å²) in [6.07, 6.45) is 1.42. The first-order valence-electron chi connectivity index (χ1n) is 6.14. The summed E-state index contributed by atoms with van der Waals surface area (Å²) in [4.78, 5) is 17.6. The fourth-order valence-electron chi connectivity index (χ4n) is 1.71. The lowest BCUT2D eigenvalue weighted by Gasteiger charge is -2.02. The van der Waals surface area contributed by atoms with E-state index in [0.717, 1.165) is 5.69 Å². The summed E-state index contributed by atoms with van der Waals surface area (Å²) in [6, 6.07) is 14.6. The Kier molecular flexibility index (Phi) is 3.74. The van der Waals surface area contributed by atoms with Crippen LogP contribution in [0.5, 0.6) is 0 Å². The fourth-order valence-corrected chi connectivity index (χ4v) is 2.05. The Hall–Kier alpha value is -2.54. The Balaban J connectivity index is 1.78. The zero-order valence-corrected chi connectivity index (χ0v) is 12.4. The average molecular weight is 344 g/mol. The molecule has 0 radical (unpaired) electrons. The molecule has 0 spiro atoms. The van der Waals surface area contributed by atoms with Gasteiger partial charge in [-0.15, -0.1) is 5.10 Å². The Morgan fingerprint density at radius 2 is 1.90 bits per heavy atom. The number of halogens is 1. The maximum absolute atomic E-state index is 12.1. The minimum Gasteiger partial charge on any atom is -0.305 e. The third kappa shape index (κ3) is 3.14. The van der Waals surface area contributed by atoms with Crippen LogP contribution in [0.3, 0.4) is 0 Å². The molecule has 7 heteroatoms. The number of benzene rings is 1. The predicted octanol–water partition coefficient (Wildman–Crippen LogP) is 2.68. The molecule has 0 fully saturated rings. The zero-order valence-electron chi connectivity index (χ0n) is 10.8. The van der Waals surface area contributed by atoms with Crippen LogP contribution < -0.4 is 5.32 Å². The predicted molar refractivity (Wildman–Crippen MR) is 81.2 cm³/mol. The normalized spacial score (nSPS) is 10.3. The van der Waals surface area contributed by atoms with Gasteiger partial charge in [0.2, 0.25) is 0 Å². The summed E-state index contributed by atoms with van der Waals surface area (Å²) in [6.45, 7) is 0. The van der Waals surface area contributed by atoms with Crippen molar-refractivity contribution in [2.75, 3.05) is 5.32 Å². The van der Waals surface area contributed by atoms with E-state index in [0.29, 0.717) is 10.4 Å². The molecule has 2 aromatic heterocycles. The van der Waals surface area contributed by atoms with E-state index >= 15 is 0 Å². The Morgan fingerprint density at radius 3 is 2.67 bits per heavy atom. The minimum atomic E-state index is -0.359. The second kappa shape index (κ2) is 5.84. The van der Waals surface area contributed by atoms with Gasteiger partial charge in [0.1, 0.15) is 10.4 Å². The highest BCUT2D eigenvalue weighted by atomic mass is 79.9. The van der Waals surface area contributed by atoms with Gasteiger partial charge < -0.3 is 5.32 Å². The summed E-state index contributed by atoms with van der Waals surface area (Å²) in [5, 5.41) is 10.9. The van der Waals surface area contributed by atoms with Gasteiger partial charge in [-0.3, -0.25) is 4.79 Å². The number of hydrogen-bond acceptors (Lipinski definition) is 4. The lowest BCUT2D eigenvalue weighted by molar-refractivity contribution is 0.102. The van der Waals surface area contributed by atoms with Crippen molar-refractivity contribution in [3.8, 4) is 5.69 Å². The van der Waals surface area contributed by atoms with Crippen LogP contribution in [0.15, 0.2) is 59.3 Å². The molecule has 0 atom stereocenters. The molecular formula is C14H10BrN5O. The van der Waals surface area contributed by atoms with Gasteiger partial charge in [0.15, 0.2) is 5.69 Å². The highest BCUT2D eigenvalue weighted by Gasteiger charge is 2.12. The van der Waals surface area contributed by atoms with E-state index in [-0.39, 0.29) is 11.6 Å². The number of aromatic nitrogens is 4. The number of hydrogen-bond donors (Lipinski definition) is 1. The van der Waals surface area contributed by atoms with Crippen molar-refractivity contribution in [3.05, 3.63) is 65.0 Å². The van der Waals surface area contributed by atoms with Gasteiger partial charge in [-0.1, -0.05) is 24.3 Å². The van der Waals surface area contributed by atoms with Crippen molar-refractivity contribution in [2.45, 2.75) is 0 Å². The van der Waals surface area contributed by atoms with Crippen LogP contribution in [0.2, 0.25) is 0 Å². The molecule has 1 N–H and O–H groups in total. The van der Waals surface area contributed by atoms with Crippen LogP contribution in [-0.2, 0) is 0 Å². The van der Waals surface area contributed by atoms with Crippen LogP contribution in [0.1, 0.15) is 10.5 Å². The molecule has 1 amide bonds. The van der Waals surface area contributed by atoms with E-state index in [9.17, 15) is 4.79 Å². The topological polar surface area (TPSA) is 72.7 Å². The van der Waals surface area contributed by atoms with Crippen LogP contribution in [0.25, 0.3) is 5.69 Å². The van der Waals surface area contributed by atoms with E-state index < -0.39 is 0 Å². The molecule has 0 bridgehead atoms. The average Bonchev–Trinajstić information content (AvgIpc) is 2.98. The lowest BCUT2D eigenvalue weighted by Crippen LogP contribution is -2.14. The highest BCUT2D eigenvalue weighted by molar-refractivity contribution is 9.10. The van der Waals surface area contributed by atoms with E-state index in [4.69, 9.17) is 0 Å². The molecule has 2 heterocycles. The number of pyridine rings is 1. The van der Waals surface area contributed by atoms with Gasteiger partial charge in [-0.25, -0.2) is 4.98 Å². The first kappa shape index (κ1) is 13.4. The Bertz CT molecular complexity index is 772. The third-order valence-electron chi connectivity index (χ3n) is 2.67. The van der Waals surface area contributed by atoms with Gasteiger partial charge in [-0.2, -0.15) is 9.90 Å². The summed E-state index contributed by atoms with van der Waals surface area (Å²) in [5.74, 6) is 0.0893. The number of nitrogens with one attached hydrogen (secondary N) is 1. The number of rotatable bonds is 3. The van der Waals surface area contributed by atoms with Crippen molar-refractivity contribution >= 4 is 27.7 Å². The SMILES string of the molecule is O=C(Nc1cccc(Br)n1)c1cnn(-c2ccccc2)n1. The van der Waals surface area contributed by atoms with Crippen LogP contribution in [-0.4, -0.2) is 25.9 Å². The number of para-hydroxylation sites is 1. The van der Waals surface area contributed by atoms with E-state index in [1.807, 2.05) is 30.3 Å². The molecule has 3 aromatic rings. The molecule has 3 rings (SSSR count). The fraction of sp³-hybridized carbons (Fsp3) is 0. The second-order valence-corrected chi connectivity index (χ2v) is 4.97. The largest absolute Gasteiger partial charge is 0.305 e. The molecular weight excluding hydrogens is 334 g/mol. The molecule has 1 aromatic carbocycles. The smallest absolute Gasteiger partial charge is 0.279 e. The Morgan fingerprint density at radius 1 is 1.10 bits per heavy atom. The second-order valence-electron chi connectivity index (χ2n) is 4.15. The molecule has 6 nitrogen and oxygen atoms in total. The number of carbonyl (C=O) groups is 1. The van der Waals surface area contributed by atoms with Gasteiger partial charge in [0.25, 0.3) is 5.91 Å². The molecule has 0 saturated heterocycles. The van der Waals surface area contributed by atoms with E-state index in [1.165, 1.54) is 11.0 Å². The number of nitrogens with zero attached hydrogens (tertiary/aromatic N) is 4. The van der Waals surface area contributed by atoms with Crippen LogP contribution >= 0.6 is 15.9 Å². The molecule has 21 heavy (non-hydrogen) atoms. The standard InChI is InChI=1S/C14H10BrN5O/c15-12-7-4-8-13(17-12)18-14(21)11-9-16-20(19-11)10-5-2-1-3-6-10/h1-9H,(H,17,18,21). The lowest BCUT2D eigenvalue weighted by atomic mass is 10.3. The quantitative estimate of drug-likeness (QED) is 0.742. The van der Waals surface area contributed by atoms with Gasteiger partial charge >= 0.3 is 0 Å².